The monoisotopic (exact) mass is 317 g/mol. The minimum absolute atomic E-state index is 0.247. The normalized spacial score (nSPS) is 17.6. The molecule has 0 fully saturated rings. The van der Waals surface area contributed by atoms with Gasteiger partial charge < -0.3 is 14.8 Å². The van der Waals surface area contributed by atoms with Gasteiger partial charge in [0.1, 0.15) is 5.75 Å². The molecule has 1 aliphatic carbocycles. The summed E-state index contributed by atoms with van der Waals surface area (Å²) in [6.45, 7) is 1.97. The van der Waals surface area contributed by atoms with E-state index in [2.05, 4.69) is 11.4 Å². The van der Waals surface area contributed by atoms with Gasteiger partial charge in [0.2, 0.25) is 0 Å². The molecule has 0 aromatic heterocycles. The van der Waals surface area contributed by atoms with Gasteiger partial charge in [-0.2, -0.15) is 0 Å². The van der Waals surface area contributed by atoms with Crippen molar-refractivity contribution in [1.29, 1.82) is 0 Å². The van der Waals surface area contributed by atoms with Crippen LogP contribution in [0.4, 0.5) is 0 Å². The van der Waals surface area contributed by atoms with E-state index in [0.717, 1.165) is 24.2 Å². The third-order valence-corrected chi connectivity index (χ3v) is 3.84. The summed E-state index contributed by atoms with van der Waals surface area (Å²) >= 11 is 0. The highest BCUT2D eigenvalue weighted by Crippen LogP contribution is 2.21. The quantitative estimate of drug-likeness (QED) is 0.620. The summed E-state index contributed by atoms with van der Waals surface area (Å²) in [4.78, 5) is 23.8. The first kappa shape index (κ1) is 17.1. The number of allylic oxidation sites excluding steroid dienone is 2. The van der Waals surface area contributed by atoms with Crippen LogP contribution in [0.2, 0.25) is 0 Å². The Labute approximate surface area is 136 Å². The lowest BCUT2D eigenvalue weighted by Gasteiger charge is -2.15. The fourth-order valence-electron chi connectivity index (χ4n) is 2.45. The van der Waals surface area contributed by atoms with E-state index in [1.807, 2.05) is 30.3 Å². The number of methoxy groups -OCH3 is 1. The first-order chi connectivity index (χ1) is 11.1. The average molecular weight is 317 g/mol. The fourth-order valence-corrected chi connectivity index (χ4v) is 2.45. The van der Waals surface area contributed by atoms with Crippen molar-refractivity contribution < 1.29 is 19.1 Å². The number of carbonyl (C=O) groups is 2. The van der Waals surface area contributed by atoms with Gasteiger partial charge in [-0.25, -0.2) is 0 Å². The van der Waals surface area contributed by atoms with Gasteiger partial charge in [-0.3, -0.25) is 9.59 Å². The third-order valence-electron chi connectivity index (χ3n) is 3.84. The zero-order valence-electron chi connectivity index (χ0n) is 13.6. The molecule has 2 rings (SSSR count). The van der Waals surface area contributed by atoms with Gasteiger partial charge in [-0.1, -0.05) is 24.3 Å². The molecule has 2 atom stereocenters. The van der Waals surface area contributed by atoms with Gasteiger partial charge >= 0.3 is 5.97 Å². The standard InChI is InChI=1S/C18H23NO4/c1-13(23-17(20)11-14-5-3-4-6-14)18(21)19-12-15-7-9-16(22-2)10-8-15/h3,5,7-10,13-14H,4,6,11-12H2,1-2H3,(H,19,21)/t13-,14-/m0/s1. The van der Waals surface area contributed by atoms with Gasteiger partial charge in [0.15, 0.2) is 6.10 Å². The number of nitrogens with one attached hydrogen (secondary N) is 1. The molecule has 5 heteroatoms. The van der Waals surface area contributed by atoms with Crippen LogP contribution in [0.15, 0.2) is 36.4 Å². The van der Waals surface area contributed by atoms with Gasteiger partial charge in [-0.05, 0) is 43.4 Å². The van der Waals surface area contributed by atoms with E-state index in [0.29, 0.717) is 13.0 Å². The number of benzene rings is 1. The highest BCUT2D eigenvalue weighted by molar-refractivity contribution is 5.83. The number of hydrogen-bond acceptors (Lipinski definition) is 4. The van der Waals surface area contributed by atoms with Crippen LogP contribution < -0.4 is 10.1 Å². The smallest absolute Gasteiger partial charge is 0.307 e. The number of ether oxygens (including phenoxy) is 2. The van der Waals surface area contributed by atoms with Crippen LogP contribution in [0.25, 0.3) is 0 Å². The summed E-state index contributed by atoms with van der Waals surface area (Å²) in [5.74, 6) is 0.394. The zero-order valence-corrected chi connectivity index (χ0v) is 13.6. The van der Waals surface area contributed by atoms with Crippen LogP contribution in [0.3, 0.4) is 0 Å². The van der Waals surface area contributed by atoms with E-state index >= 15 is 0 Å². The van der Waals surface area contributed by atoms with E-state index in [9.17, 15) is 9.59 Å². The predicted molar refractivity (Wildman–Crippen MR) is 86.9 cm³/mol. The third kappa shape index (κ3) is 5.43. The highest BCUT2D eigenvalue weighted by Gasteiger charge is 2.20. The topological polar surface area (TPSA) is 64.6 Å². The van der Waals surface area contributed by atoms with E-state index in [4.69, 9.17) is 9.47 Å². The Hall–Kier alpha value is -2.30. The van der Waals surface area contributed by atoms with Crippen molar-refractivity contribution in [2.45, 2.75) is 38.8 Å². The molecule has 23 heavy (non-hydrogen) atoms. The van der Waals surface area contributed by atoms with Crippen molar-refractivity contribution >= 4 is 11.9 Å². The molecular formula is C18H23NO4. The van der Waals surface area contributed by atoms with Crippen LogP contribution in [-0.2, 0) is 20.9 Å². The molecule has 0 spiro atoms. The molecule has 1 aromatic carbocycles. The fraction of sp³-hybridized carbons (Fsp3) is 0.444. The summed E-state index contributed by atoms with van der Waals surface area (Å²) in [5.41, 5.74) is 0.953. The molecule has 0 saturated heterocycles. The number of hydrogen-bond donors (Lipinski definition) is 1. The number of rotatable bonds is 7. The van der Waals surface area contributed by atoms with Crippen LogP contribution >= 0.6 is 0 Å². The molecule has 0 unspecified atom stereocenters. The maximum absolute atomic E-state index is 12.0. The Bertz CT molecular complexity index is 565. The SMILES string of the molecule is COc1ccc(CNC(=O)[C@H](C)OC(=O)C[C@H]2C=CCC2)cc1. The summed E-state index contributed by atoms with van der Waals surface area (Å²) in [5, 5.41) is 2.76. The average Bonchev–Trinajstić information content (AvgIpc) is 3.05. The second-order valence-electron chi connectivity index (χ2n) is 5.67. The molecule has 0 saturated carbocycles. The van der Waals surface area contributed by atoms with E-state index in [1.165, 1.54) is 0 Å². The van der Waals surface area contributed by atoms with Crippen LogP contribution in [-0.4, -0.2) is 25.1 Å². The minimum Gasteiger partial charge on any atom is -0.497 e. The summed E-state index contributed by atoms with van der Waals surface area (Å²) in [6, 6.07) is 7.42. The molecule has 0 bridgehead atoms. The van der Waals surface area contributed by atoms with Crippen molar-refractivity contribution in [2.24, 2.45) is 5.92 Å². The number of esters is 1. The Morgan fingerprint density at radius 3 is 2.65 bits per heavy atom. The lowest BCUT2D eigenvalue weighted by atomic mass is 10.1. The second kappa shape index (κ2) is 8.36. The molecule has 5 nitrogen and oxygen atoms in total. The largest absolute Gasteiger partial charge is 0.497 e. The lowest BCUT2D eigenvalue weighted by Crippen LogP contribution is -2.35. The Morgan fingerprint density at radius 2 is 2.04 bits per heavy atom. The van der Waals surface area contributed by atoms with Gasteiger partial charge in [-0.15, -0.1) is 0 Å². The Kier molecular flexibility index (Phi) is 6.20. The van der Waals surface area contributed by atoms with Crippen LogP contribution in [0.5, 0.6) is 5.75 Å². The first-order valence-corrected chi connectivity index (χ1v) is 7.85. The molecule has 1 amide bonds. The van der Waals surface area contributed by atoms with Gasteiger partial charge in [0.05, 0.1) is 13.5 Å². The van der Waals surface area contributed by atoms with E-state index < -0.39 is 6.10 Å². The van der Waals surface area contributed by atoms with Crippen molar-refractivity contribution in [2.75, 3.05) is 7.11 Å². The second-order valence-corrected chi connectivity index (χ2v) is 5.67. The summed E-state index contributed by atoms with van der Waals surface area (Å²) in [7, 11) is 1.61. The molecule has 0 radical (unpaired) electrons. The maximum Gasteiger partial charge on any atom is 0.307 e. The van der Waals surface area contributed by atoms with Crippen LogP contribution in [0.1, 0.15) is 31.7 Å². The van der Waals surface area contributed by atoms with E-state index in [-0.39, 0.29) is 17.8 Å². The highest BCUT2D eigenvalue weighted by atomic mass is 16.5. The van der Waals surface area contributed by atoms with Gasteiger partial charge in [0, 0.05) is 6.54 Å². The lowest BCUT2D eigenvalue weighted by molar-refractivity contribution is -0.155. The Balaban J connectivity index is 1.73. The molecule has 124 valence electrons. The van der Waals surface area contributed by atoms with Crippen molar-refractivity contribution in [3.63, 3.8) is 0 Å². The van der Waals surface area contributed by atoms with Gasteiger partial charge in [0.25, 0.3) is 5.91 Å². The first-order valence-electron chi connectivity index (χ1n) is 7.85. The number of amides is 1. The molecule has 1 N–H and O–H groups in total. The minimum atomic E-state index is -0.786. The maximum atomic E-state index is 12.0. The molecule has 0 aliphatic heterocycles. The predicted octanol–water partition coefficient (Wildman–Crippen LogP) is 2.60. The summed E-state index contributed by atoms with van der Waals surface area (Å²) < 4.78 is 10.3. The van der Waals surface area contributed by atoms with Crippen molar-refractivity contribution in [3.05, 3.63) is 42.0 Å². The number of carbonyl (C=O) groups excluding carboxylic acids is 2. The molecule has 1 aromatic rings. The van der Waals surface area contributed by atoms with E-state index in [1.54, 1.807) is 14.0 Å². The van der Waals surface area contributed by atoms with Crippen molar-refractivity contribution in [1.82, 2.24) is 5.32 Å². The Morgan fingerprint density at radius 1 is 1.30 bits per heavy atom. The van der Waals surface area contributed by atoms with Crippen LogP contribution in [0, 0.1) is 5.92 Å². The molecular weight excluding hydrogens is 294 g/mol. The summed E-state index contributed by atoms with van der Waals surface area (Å²) in [6.07, 6.45) is 5.65. The zero-order chi connectivity index (χ0) is 16.7. The molecule has 0 heterocycles. The molecule has 1 aliphatic rings. The van der Waals surface area contributed by atoms with Crippen molar-refractivity contribution in [3.8, 4) is 5.75 Å².